The minimum Gasteiger partial charge on any atom is -0.0683 e. The maximum Gasteiger partial charge on any atom is 0 e. The van der Waals surface area contributed by atoms with E-state index >= 15 is 0 Å². The SMILES string of the molecule is CC.CC.CC.CC.CC.CC.CC.CC.CC.CC.CC.CC.CC.CC.CC.CC.CC.CC.CC.CC.CC.CC.CC.CC.CC.CC.[Au].[Au].[Au]. The third-order valence-corrected chi connectivity index (χ3v) is 0. The minimum atomic E-state index is 0. The maximum absolute atomic E-state index is 2.00. The van der Waals surface area contributed by atoms with E-state index in [-0.39, 0.29) is 67.1 Å². The summed E-state index contributed by atoms with van der Waals surface area (Å²) in [6.45, 7) is 104. The van der Waals surface area contributed by atoms with Crippen molar-refractivity contribution in [3.63, 3.8) is 0 Å². The summed E-state index contributed by atoms with van der Waals surface area (Å²) in [5.74, 6) is 0. The van der Waals surface area contributed by atoms with Crippen LogP contribution in [-0.4, -0.2) is 0 Å². The minimum absolute atomic E-state index is 0. The average Bonchev–Trinajstić information content (AvgIpc) is 3.40. The Balaban J connectivity index is -0.00000000472. The van der Waals surface area contributed by atoms with Gasteiger partial charge in [-0.2, -0.15) is 0 Å². The van der Waals surface area contributed by atoms with Gasteiger partial charge in [0.05, 0.1) is 0 Å². The van der Waals surface area contributed by atoms with Gasteiger partial charge in [0.1, 0.15) is 0 Å². The van der Waals surface area contributed by atoms with Gasteiger partial charge in [0, 0.05) is 67.1 Å². The summed E-state index contributed by atoms with van der Waals surface area (Å²) in [6.07, 6.45) is 0. The Morgan fingerprint density at radius 3 is 0.0545 bits per heavy atom. The summed E-state index contributed by atoms with van der Waals surface area (Å²) in [6, 6.07) is 0. The predicted molar refractivity (Wildman–Crippen MR) is 295 cm³/mol. The molecule has 0 bridgehead atoms. The summed E-state index contributed by atoms with van der Waals surface area (Å²) in [7, 11) is 0. The number of rotatable bonds is 0. The van der Waals surface area contributed by atoms with Crippen LogP contribution in [-0.2, 0) is 67.1 Å². The van der Waals surface area contributed by atoms with Crippen LogP contribution in [0.4, 0.5) is 0 Å². The van der Waals surface area contributed by atoms with E-state index in [0.717, 1.165) is 0 Å². The summed E-state index contributed by atoms with van der Waals surface area (Å²) in [5, 5.41) is 0. The molecule has 0 unspecified atom stereocenters. The molecular weight excluding hydrogens is 1220 g/mol. The molecule has 0 aliphatic heterocycles. The van der Waals surface area contributed by atoms with Crippen LogP contribution in [0.5, 0.6) is 0 Å². The Morgan fingerprint density at radius 1 is 0.0545 bits per heavy atom. The first-order chi connectivity index (χ1) is 26.0. The molecule has 0 aromatic carbocycles. The Labute approximate surface area is 423 Å². The number of hydrogen-bond donors (Lipinski definition) is 0. The van der Waals surface area contributed by atoms with E-state index in [1.165, 1.54) is 0 Å². The van der Waals surface area contributed by atoms with Crippen molar-refractivity contribution >= 4 is 0 Å². The van der Waals surface area contributed by atoms with E-state index in [0.29, 0.717) is 0 Å². The molecule has 0 spiro atoms. The molecule has 55 heavy (non-hydrogen) atoms. The molecule has 0 saturated carbocycles. The van der Waals surface area contributed by atoms with Gasteiger partial charge in [0.25, 0.3) is 0 Å². The second kappa shape index (κ2) is 34800. The Kier molecular flexibility index (Phi) is 144000. The third kappa shape index (κ3) is 33500. The molecule has 3 heteroatoms. The van der Waals surface area contributed by atoms with Gasteiger partial charge in [-0.25, -0.2) is 0 Å². The second-order valence-corrected chi connectivity index (χ2v) is 0. The fourth-order valence-corrected chi connectivity index (χ4v) is 0. The zero-order chi connectivity index (χ0) is 52.0. The Bertz CT molecular complexity index is 16.8. The van der Waals surface area contributed by atoms with Crippen molar-refractivity contribution in [2.75, 3.05) is 0 Å². The van der Waals surface area contributed by atoms with E-state index in [2.05, 4.69) is 0 Å². The molecule has 0 aromatic rings. The average molecular weight is 1370 g/mol. The van der Waals surface area contributed by atoms with Gasteiger partial charge in [-0.15, -0.1) is 0 Å². The summed E-state index contributed by atoms with van der Waals surface area (Å²) in [4.78, 5) is 0. The molecule has 0 nitrogen and oxygen atoms in total. The van der Waals surface area contributed by atoms with E-state index in [4.69, 9.17) is 0 Å². The van der Waals surface area contributed by atoms with Crippen LogP contribution in [0.15, 0.2) is 0 Å². The zero-order valence-electron chi connectivity index (χ0n) is 52.9. The fraction of sp³-hybridized carbons (Fsp3) is 1.00. The Morgan fingerprint density at radius 2 is 0.0545 bits per heavy atom. The second-order valence-electron chi connectivity index (χ2n) is 0. The van der Waals surface area contributed by atoms with Crippen molar-refractivity contribution in [2.45, 2.75) is 360 Å². The van der Waals surface area contributed by atoms with Gasteiger partial charge in [-0.3, -0.25) is 0 Å². The molecule has 0 heterocycles. The van der Waals surface area contributed by atoms with Crippen LogP contribution in [0.3, 0.4) is 0 Å². The third-order valence-electron chi connectivity index (χ3n) is 0. The first-order valence-electron chi connectivity index (χ1n) is 26.0. The first kappa shape index (κ1) is 227. The molecule has 0 N–H and O–H groups in total. The summed E-state index contributed by atoms with van der Waals surface area (Å²) in [5.41, 5.74) is 0. The topological polar surface area (TPSA) is 0 Å². The molecule has 0 rings (SSSR count). The molecule has 0 aliphatic carbocycles. The summed E-state index contributed by atoms with van der Waals surface area (Å²) >= 11 is 0. The van der Waals surface area contributed by atoms with Gasteiger partial charge in [0.2, 0.25) is 0 Å². The normalized spacial score (nSPS) is 2.84. The predicted octanol–water partition coefficient (Wildman–Crippen LogP) is 26.7. The molecule has 0 aliphatic rings. The smallest absolute Gasteiger partial charge is 0 e. The van der Waals surface area contributed by atoms with Crippen molar-refractivity contribution in [1.29, 1.82) is 0 Å². The molecule has 0 amide bonds. The van der Waals surface area contributed by atoms with E-state index in [9.17, 15) is 0 Å². The van der Waals surface area contributed by atoms with Crippen LogP contribution < -0.4 is 0 Å². The molecule has 3 radical (unpaired) electrons. The van der Waals surface area contributed by atoms with Gasteiger partial charge in [-0.05, 0) is 0 Å². The monoisotopic (exact) mass is 1370 g/mol. The van der Waals surface area contributed by atoms with Crippen LogP contribution >= 0.6 is 0 Å². The molecular formula is C52H156Au3. The quantitative estimate of drug-likeness (QED) is 0.212. The van der Waals surface area contributed by atoms with Gasteiger partial charge in [-0.1, -0.05) is 360 Å². The van der Waals surface area contributed by atoms with Gasteiger partial charge in [0.15, 0.2) is 0 Å². The molecule has 0 fully saturated rings. The summed E-state index contributed by atoms with van der Waals surface area (Å²) < 4.78 is 0. The van der Waals surface area contributed by atoms with Crippen LogP contribution in [0.25, 0.3) is 0 Å². The van der Waals surface area contributed by atoms with Gasteiger partial charge < -0.3 is 0 Å². The molecule has 0 aromatic heterocycles. The van der Waals surface area contributed by atoms with Crippen molar-refractivity contribution in [1.82, 2.24) is 0 Å². The Hall–Kier alpha value is 2.22. The largest absolute Gasteiger partial charge is 0.0683 e. The molecule has 397 valence electrons. The van der Waals surface area contributed by atoms with E-state index in [1.807, 2.05) is 360 Å². The van der Waals surface area contributed by atoms with E-state index in [1.54, 1.807) is 0 Å². The zero-order valence-corrected chi connectivity index (χ0v) is 59.4. The van der Waals surface area contributed by atoms with Crippen LogP contribution in [0.2, 0.25) is 0 Å². The van der Waals surface area contributed by atoms with Crippen LogP contribution in [0, 0.1) is 0 Å². The van der Waals surface area contributed by atoms with Crippen LogP contribution in [0.1, 0.15) is 360 Å². The number of hydrogen-bond acceptors (Lipinski definition) is 0. The maximum atomic E-state index is 2.00. The van der Waals surface area contributed by atoms with Gasteiger partial charge >= 0.3 is 0 Å². The van der Waals surface area contributed by atoms with Crippen molar-refractivity contribution in [2.24, 2.45) is 0 Å². The molecule has 0 saturated heterocycles. The first-order valence-corrected chi connectivity index (χ1v) is 26.0. The van der Waals surface area contributed by atoms with Crippen molar-refractivity contribution in [3.8, 4) is 0 Å². The van der Waals surface area contributed by atoms with Crippen molar-refractivity contribution in [3.05, 3.63) is 0 Å². The van der Waals surface area contributed by atoms with Crippen molar-refractivity contribution < 1.29 is 67.1 Å². The molecule has 0 atom stereocenters. The standard InChI is InChI=1S/26C2H6.3Au/c26*1-2;;;/h26*1-2H3;;;. The fourth-order valence-electron chi connectivity index (χ4n) is 0. The van der Waals surface area contributed by atoms with E-state index < -0.39 is 0 Å².